The van der Waals surface area contributed by atoms with Crippen LogP contribution in [0, 0.1) is 17.3 Å². The van der Waals surface area contributed by atoms with Gasteiger partial charge < -0.3 is 4.74 Å². The molecule has 0 aromatic carbocycles. The fourth-order valence-corrected chi connectivity index (χ4v) is 2.38. The van der Waals surface area contributed by atoms with Gasteiger partial charge in [0.25, 0.3) is 0 Å². The second kappa shape index (κ2) is 2.69. The Morgan fingerprint density at radius 3 is 2.64 bits per heavy atom. The third-order valence-corrected chi connectivity index (χ3v) is 3.63. The van der Waals surface area contributed by atoms with Crippen molar-refractivity contribution in [2.75, 3.05) is 0 Å². The first kappa shape index (κ1) is 9.44. The molecular formula is C11H14O3. The van der Waals surface area contributed by atoms with Crippen molar-refractivity contribution in [3.63, 3.8) is 0 Å². The summed E-state index contributed by atoms with van der Waals surface area (Å²) >= 11 is 0. The van der Waals surface area contributed by atoms with E-state index in [0.717, 1.165) is 0 Å². The monoisotopic (exact) mass is 194 g/mol. The van der Waals surface area contributed by atoms with Crippen LogP contribution < -0.4 is 0 Å². The summed E-state index contributed by atoms with van der Waals surface area (Å²) in [5.74, 6) is -1.23. The van der Waals surface area contributed by atoms with E-state index in [9.17, 15) is 9.59 Å². The van der Waals surface area contributed by atoms with E-state index >= 15 is 0 Å². The molecule has 0 N–H and O–H groups in total. The van der Waals surface area contributed by atoms with Crippen molar-refractivity contribution in [2.45, 2.75) is 27.2 Å². The Bertz CT molecular complexity index is 338. The van der Waals surface area contributed by atoms with Gasteiger partial charge in [-0.3, -0.25) is 9.59 Å². The van der Waals surface area contributed by atoms with Crippen molar-refractivity contribution < 1.29 is 14.3 Å². The number of allylic oxidation sites excluding steroid dienone is 2. The van der Waals surface area contributed by atoms with Crippen LogP contribution in [-0.4, -0.2) is 11.9 Å². The molecule has 0 aromatic heterocycles. The Morgan fingerprint density at radius 2 is 2.00 bits per heavy atom. The molecule has 2 aliphatic rings. The topological polar surface area (TPSA) is 43.4 Å². The van der Waals surface area contributed by atoms with E-state index in [1.807, 2.05) is 26.8 Å². The minimum absolute atomic E-state index is 0.244. The average molecular weight is 194 g/mol. The van der Waals surface area contributed by atoms with Crippen molar-refractivity contribution in [3.8, 4) is 0 Å². The molecule has 14 heavy (non-hydrogen) atoms. The highest BCUT2D eigenvalue weighted by molar-refractivity contribution is 5.97. The molecule has 2 atom stereocenters. The van der Waals surface area contributed by atoms with Gasteiger partial charge in [0.1, 0.15) is 0 Å². The molecule has 0 radical (unpaired) electrons. The fraction of sp³-hybridized carbons (Fsp3) is 0.636. The Hall–Kier alpha value is -1.12. The standard InChI is InChI=1S/C11H14O3/c1-6-4-5-7-8(11(6,2)3)10(13)14-9(7)12/h4,7-8H,5H2,1-3H3/t7-,8+/m1/s1. The number of esters is 2. The zero-order chi connectivity index (χ0) is 10.5. The predicted octanol–water partition coefficient (Wildman–Crippen LogP) is 1.68. The Kier molecular flexibility index (Phi) is 1.81. The van der Waals surface area contributed by atoms with Gasteiger partial charge in [-0.2, -0.15) is 0 Å². The summed E-state index contributed by atoms with van der Waals surface area (Å²) in [7, 11) is 0. The minimum Gasteiger partial charge on any atom is -0.393 e. The van der Waals surface area contributed by atoms with Crippen LogP contribution in [0.15, 0.2) is 11.6 Å². The third-order valence-electron chi connectivity index (χ3n) is 3.63. The third kappa shape index (κ3) is 1.04. The molecule has 0 unspecified atom stereocenters. The second-order valence-corrected chi connectivity index (χ2v) is 4.67. The van der Waals surface area contributed by atoms with Crippen molar-refractivity contribution >= 4 is 11.9 Å². The molecule has 76 valence electrons. The van der Waals surface area contributed by atoms with E-state index in [4.69, 9.17) is 0 Å². The van der Waals surface area contributed by atoms with Crippen LogP contribution >= 0.6 is 0 Å². The lowest BCUT2D eigenvalue weighted by Crippen LogP contribution is -2.36. The molecule has 1 aliphatic carbocycles. The summed E-state index contributed by atoms with van der Waals surface area (Å²) in [6.45, 7) is 6.00. The quantitative estimate of drug-likeness (QED) is 0.335. The summed E-state index contributed by atoms with van der Waals surface area (Å²) in [6, 6.07) is 0. The van der Waals surface area contributed by atoms with Crippen LogP contribution in [0.25, 0.3) is 0 Å². The molecule has 0 aromatic rings. The summed E-state index contributed by atoms with van der Waals surface area (Å²) in [6.07, 6.45) is 2.69. The van der Waals surface area contributed by atoms with E-state index in [2.05, 4.69) is 4.74 Å². The number of cyclic esters (lactones) is 2. The van der Waals surface area contributed by atoms with Crippen molar-refractivity contribution in [3.05, 3.63) is 11.6 Å². The van der Waals surface area contributed by atoms with Gasteiger partial charge in [-0.05, 0) is 18.8 Å². The van der Waals surface area contributed by atoms with E-state index in [-0.39, 0.29) is 29.2 Å². The van der Waals surface area contributed by atoms with Gasteiger partial charge in [-0.1, -0.05) is 25.5 Å². The van der Waals surface area contributed by atoms with E-state index < -0.39 is 0 Å². The highest BCUT2D eigenvalue weighted by Gasteiger charge is 2.53. The maximum Gasteiger partial charge on any atom is 0.318 e. The van der Waals surface area contributed by atoms with Crippen LogP contribution in [0.5, 0.6) is 0 Å². The number of carbonyl (C=O) groups excluding carboxylic acids is 2. The Balaban J connectivity index is 2.45. The summed E-state index contributed by atoms with van der Waals surface area (Å²) in [5, 5.41) is 0. The molecule has 0 saturated carbocycles. The Morgan fingerprint density at radius 1 is 1.36 bits per heavy atom. The zero-order valence-corrected chi connectivity index (χ0v) is 8.66. The largest absolute Gasteiger partial charge is 0.393 e. The van der Waals surface area contributed by atoms with E-state index in [0.29, 0.717) is 6.42 Å². The van der Waals surface area contributed by atoms with Crippen molar-refractivity contribution in [1.82, 2.24) is 0 Å². The molecule has 1 aliphatic heterocycles. The van der Waals surface area contributed by atoms with Crippen LogP contribution in [0.2, 0.25) is 0 Å². The van der Waals surface area contributed by atoms with Crippen molar-refractivity contribution in [1.29, 1.82) is 0 Å². The number of hydrogen-bond acceptors (Lipinski definition) is 3. The highest BCUT2D eigenvalue weighted by atomic mass is 16.6. The van der Waals surface area contributed by atoms with Crippen LogP contribution in [0.1, 0.15) is 27.2 Å². The first-order valence-corrected chi connectivity index (χ1v) is 4.87. The van der Waals surface area contributed by atoms with Crippen LogP contribution in [-0.2, 0) is 14.3 Å². The Labute approximate surface area is 83.1 Å². The SMILES string of the molecule is CC1=CC[C@H]2C(=O)OC(=O)[C@H]2C1(C)C. The van der Waals surface area contributed by atoms with E-state index in [1.54, 1.807) is 0 Å². The molecule has 2 rings (SSSR count). The molecule has 0 bridgehead atoms. The minimum atomic E-state index is -0.350. The fourth-order valence-electron chi connectivity index (χ4n) is 2.38. The smallest absolute Gasteiger partial charge is 0.318 e. The molecule has 1 saturated heterocycles. The van der Waals surface area contributed by atoms with Crippen molar-refractivity contribution in [2.24, 2.45) is 17.3 Å². The molecule has 0 spiro atoms. The lowest BCUT2D eigenvalue weighted by Gasteiger charge is -2.36. The number of fused-ring (bicyclic) bond motifs is 1. The van der Waals surface area contributed by atoms with E-state index in [1.165, 1.54) is 5.57 Å². The first-order chi connectivity index (χ1) is 6.44. The number of ether oxygens (including phenoxy) is 1. The van der Waals surface area contributed by atoms with Crippen LogP contribution in [0.4, 0.5) is 0 Å². The number of rotatable bonds is 0. The maximum absolute atomic E-state index is 11.5. The van der Waals surface area contributed by atoms with Gasteiger partial charge in [-0.25, -0.2) is 0 Å². The lowest BCUT2D eigenvalue weighted by atomic mass is 9.64. The second-order valence-electron chi connectivity index (χ2n) is 4.67. The normalized spacial score (nSPS) is 34.9. The van der Waals surface area contributed by atoms with Crippen LogP contribution in [0.3, 0.4) is 0 Å². The summed E-state index contributed by atoms with van der Waals surface area (Å²) in [5.41, 5.74) is 0.928. The molecule has 1 fully saturated rings. The highest BCUT2D eigenvalue weighted by Crippen LogP contribution is 2.48. The maximum atomic E-state index is 11.5. The molecule has 1 heterocycles. The molecular weight excluding hydrogens is 180 g/mol. The predicted molar refractivity (Wildman–Crippen MR) is 50.2 cm³/mol. The summed E-state index contributed by atoms with van der Waals surface area (Å²) < 4.78 is 4.68. The number of carbonyl (C=O) groups is 2. The number of hydrogen-bond donors (Lipinski definition) is 0. The van der Waals surface area contributed by atoms with Gasteiger partial charge in [0.2, 0.25) is 0 Å². The average Bonchev–Trinajstić information content (AvgIpc) is 2.36. The summed E-state index contributed by atoms with van der Waals surface area (Å²) in [4.78, 5) is 22.9. The molecule has 3 nitrogen and oxygen atoms in total. The van der Waals surface area contributed by atoms with Gasteiger partial charge in [-0.15, -0.1) is 0 Å². The molecule has 0 amide bonds. The van der Waals surface area contributed by atoms with Gasteiger partial charge >= 0.3 is 11.9 Å². The first-order valence-electron chi connectivity index (χ1n) is 4.87. The lowest BCUT2D eigenvalue weighted by molar-refractivity contribution is -0.154. The molecule has 3 heteroatoms. The zero-order valence-electron chi connectivity index (χ0n) is 8.66. The van der Waals surface area contributed by atoms with Gasteiger partial charge in [0, 0.05) is 0 Å². The van der Waals surface area contributed by atoms with Gasteiger partial charge in [0.15, 0.2) is 0 Å². The van der Waals surface area contributed by atoms with Gasteiger partial charge in [0.05, 0.1) is 11.8 Å².